The minimum Gasteiger partial charge on any atom is -0.260 e. The number of hydrogen-bond donors (Lipinski definition) is 0. The molecule has 0 aliphatic heterocycles. The molecule has 280 valence electrons. The Bertz CT molecular complexity index is 3430. The SMILES string of the molecule is O=c1n(-c2ccc(-c3ccc4c5c(cccc35)-c3c-4c(-c4ccccc4)c4ccccc4c3-c3ccccc3)cc2)c2ccccc2n1-c1cccc(-c2ccccc2)c1. The van der Waals surface area contributed by atoms with Crippen molar-refractivity contribution >= 4 is 32.6 Å². The van der Waals surface area contributed by atoms with Crippen molar-refractivity contribution in [3.8, 4) is 78.1 Å². The summed E-state index contributed by atoms with van der Waals surface area (Å²) in [6.45, 7) is 0. The van der Waals surface area contributed by atoms with Gasteiger partial charge in [0, 0.05) is 0 Å². The molecular formula is C57H36N2O. The van der Waals surface area contributed by atoms with Gasteiger partial charge in [0.2, 0.25) is 0 Å². The van der Waals surface area contributed by atoms with Crippen LogP contribution >= 0.6 is 0 Å². The minimum atomic E-state index is -0.104. The van der Waals surface area contributed by atoms with E-state index in [0.717, 1.165) is 44.7 Å². The van der Waals surface area contributed by atoms with Crippen molar-refractivity contribution in [1.82, 2.24) is 9.13 Å². The lowest BCUT2D eigenvalue weighted by molar-refractivity contribution is 0.931. The first-order chi connectivity index (χ1) is 29.7. The number of nitrogens with zero attached hydrogens (tertiary/aromatic N) is 2. The van der Waals surface area contributed by atoms with Crippen LogP contribution in [0, 0.1) is 0 Å². The first-order valence-corrected chi connectivity index (χ1v) is 20.5. The predicted octanol–water partition coefficient (Wildman–Crippen LogP) is 14.4. The Morgan fingerprint density at radius 2 is 0.750 bits per heavy atom. The molecule has 0 N–H and O–H groups in total. The van der Waals surface area contributed by atoms with Crippen LogP contribution in [0.4, 0.5) is 0 Å². The smallest absolute Gasteiger partial charge is 0.260 e. The van der Waals surface area contributed by atoms with Gasteiger partial charge in [-0.3, -0.25) is 9.13 Å². The monoisotopic (exact) mass is 764 g/mol. The van der Waals surface area contributed by atoms with Gasteiger partial charge >= 0.3 is 5.69 Å². The summed E-state index contributed by atoms with van der Waals surface area (Å²) >= 11 is 0. The van der Waals surface area contributed by atoms with Crippen LogP contribution < -0.4 is 5.69 Å². The molecule has 0 saturated heterocycles. The van der Waals surface area contributed by atoms with Crippen molar-refractivity contribution in [2.45, 2.75) is 0 Å². The first kappa shape index (κ1) is 34.1. The summed E-state index contributed by atoms with van der Waals surface area (Å²) in [5.41, 5.74) is 17.8. The van der Waals surface area contributed by atoms with Crippen LogP contribution in [0.25, 0.3) is 111 Å². The van der Waals surface area contributed by atoms with Gasteiger partial charge in [0.25, 0.3) is 0 Å². The number of fused-ring (bicyclic) bond motifs is 5. The molecule has 0 amide bonds. The van der Waals surface area contributed by atoms with Crippen LogP contribution in [0.1, 0.15) is 0 Å². The van der Waals surface area contributed by atoms with Gasteiger partial charge in [-0.25, -0.2) is 4.79 Å². The van der Waals surface area contributed by atoms with E-state index in [4.69, 9.17) is 0 Å². The fraction of sp³-hybridized carbons (Fsp3) is 0. The molecule has 1 aliphatic rings. The Balaban J connectivity index is 1.02. The second-order valence-electron chi connectivity index (χ2n) is 15.6. The summed E-state index contributed by atoms with van der Waals surface area (Å²) in [7, 11) is 0. The van der Waals surface area contributed by atoms with E-state index in [-0.39, 0.29) is 5.69 Å². The third kappa shape index (κ3) is 5.13. The number of rotatable bonds is 6. The lowest BCUT2D eigenvalue weighted by atomic mass is 9.82. The Hall–Kier alpha value is -8.01. The molecule has 1 aliphatic carbocycles. The van der Waals surface area contributed by atoms with Crippen molar-refractivity contribution in [3.63, 3.8) is 0 Å². The molecular weight excluding hydrogens is 729 g/mol. The number of imidazole rings is 1. The summed E-state index contributed by atoms with van der Waals surface area (Å²) in [6.07, 6.45) is 0. The normalized spacial score (nSPS) is 11.7. The second-order valence-corrected chi connectivity index (χ2v) is 15.6. The molecule has 0 saturated carbocycles. The van der Waals surface area contributed by atoms with E-state index in [1.807, 2.05) is 63.7 Å². The van der Waals surface area contributed by atoms with Crippen molar-refractivity contribution in [2.24, 2.45) is 0 Å². The zero-order valence-corrected chi connectivity index (χ0v) is 32.6. The average molecular weight is 765 g/mol. The molecule has 3 nitrogen and oxygen atoms in total. The van der Waals surface area contributed by atoms with Crippen LogP contribution in [0.2, 0.25) is 0 Å². The first-order valence-electron chi connectivity index (χ1n) is 20.5. The van der Waals surface area contributed by atoms with Crippen LogP contribution in [-0.4, -0.2) is 9.13 Å². The predicted molar refractivity (Wildman–Crippen MR) is 250 cm³/mol. The maximum absolute atomic E-state index is 14.5. The molecule has 1 aromatic heterocycles. The van der Waals surface area contributed by atoms with Gasteiger partial charge in [-0.05, 0) is 125 Å². The van der Waals surface area contributed by atoms with E-state index < -0.39 is 0 Å². The Morgan fingerprint density at radius 1 is 0.283 bits per heavy atom. The summed E-state index contributed by atoms with van der Waals surface area (Å²) in [4.78, 5) is 14.5. The third-order valence-electron chi connectivity index (χ3n) is 12.3. The molecule has 1 heterocycles. The van der Waals surface area contributed by atoms with E-state index in [0.29, 0.717) is 0 Å². The molecule has 0 radical (unpaired) electrons. The van der Waals surface area contributed by atoms with Crippen molar-refractivity contribution in [2.75, 3.05) is 0 Å². The summed E-state index contributed by atoms with van der Waals surface area (Å²) in [5.74, 6) is 0. The minimum absolute atomic E-state index is 0.104. The van der Waals surface area contributed by atoms with E-state index >= 15 is 0 Å². The Kier molecular flexibility index (Phi) is 7.69. The maximum atomic E-state index is 14.5. The topological polar surface area (TPSA) is 26.9 Å². The van der Waals surface area contributed by atoms with Crippen LogP contribution in [0.15, 0.2) is 223 Å². The van der Waals surface area contributed by atoms with Gasteiger partial charge in [-0.2, -0.15) is 0 Å². The summed E-state index contributed by atoms with van der Waals surface area (Å²) in [6, 6.07) is 77.0. The number of hydrogen-bond acceptors (Lipinski definition) is 1. The van der Waals surface area contributed by atoms with E-state index in [1.165, 1.54) is 66.1 Å². The fourth-order valence-corrected chi connectivity index (χ4v) is 9.75. The molecule has 11 aromatic rings. The Morgan fingerprint density at radius 3 is 1.37 bits per heavy atom. The van der Waals surface area contributed by atoms with Crippen molar-refractivity contribution in [3.05, 3.63) is 229 Å². The maximum Gasteiger partial charge on any atom is 0.338 e. The summed E-state index contributed by atoms with van der Waals surface area (Å²) < 4.78 is 3.66. The molecule has 0 atom stereocenters. The van der Waals surface area contributed by atoms with Gasteiger partial charge in [0.1, 0.15) is 0 Å². The van der Waals surface area contributed by atoms with E-state index in [2.05, 4.69) is 164 Å². The molecule has 10 aromatic carbocycles. The molecule has 12 rings (SSSR count). The van der Waals surface area contributed by atoms with Gasteiger partial charge in [-0.15, -0.1) is 0 Å². The number of benzene rings is 10. The second kappa shape index (κ2) is 13.5. The zero-order valence-electron chi connectivity index (χ0n) is 32.6. The highest BCUT2D eigenvalue weighted by Gasteiger charge is 2.31. The lowest BCUT2D eigenvalue weighted by Gasteiger charge is -2.20. The molecule has 0 bridgehead atoms. The highest BCUT2D eigenvalue weighted by Crippen LogP contribution is 2.58. The molecule has 0 unspecified atom stereocenters. The van der Waals surface area contributed by atoms with Crippen molar-refractivity contribution < 1.29 is 0 Å². The average Bonchev–Trinajstić information content (AvgIpc) is 3.81. The van der Waals surface area contributed by atoms with Crippen LogP contribution in [-0.2, 0) is 0 Å². The van der Waals surface area contributed by atoms with Gasteiger partial charge in [-0.1, -0.05) is 182 Å². The Labute approximate surface area is 347 Å². The molecule has 60 heavy (non-hydrogen) atoms. The molecule has 3 heteroatoms. The van der Waals surface area contributed by atoms with E-state index in [1.54, 1.807) is 0 Å². The fourth-order valence-electron chi connectivity index (χ4n) is 9.75. The number of para-hydroxylation sites is 2. The largest absolute Gasteiger partial charge is 0.338 e. The highest BCUT2D eigenvalue weighted by atomic mass is 16.1. The standard InChI is InChI=1S/C57H36N2O/c60-57-58(50-28-12-13-29-51(50)59(57)43-23-14-22-41(36-43)37-16-4-1-5-17-37)42-32-30-38(31-33-42)44-34-35-49-54-45(44)26-15-27-48(54)55-52(39-18-6-2-7-19-39)46-24-10-11-25-47(46)53(56(49)55)40-20-8-3-9-21-40/h1-36H. The zero-order chi connectivity index (χ0) is 39.7. The third-order valence-corrected chi connectivity index (χ3v) is 12.3. The molecule has 0 fully saturated rings. The van der Waals surface area contributed by atoms with Gasteiger partial charge in [0.15, 0.2) is 0 Å². The van der Waals surface area contributed by atoms with Gasteiger partial charge < -0.3 is 0 Å². The van der Waals surface area contributed by atoms with E-state index in [9.17, 15) is 4.79 Å². The van der Waals surface area contributed by atoms with Crippen molar-refractivity contribution in [1.29, 1.82) is 0 Å². The van der Waals surface area contributed by atoms with Crippen LogP contribution in [0.3, 0.4) is 0 Å². The quantitative estimate of drug-likeness (QED) is 0.166. The molecule has 0 spiro atoms. The lowest BCUT2D eigenvalue weighted by Crippen LogP contribution is -2.22. The van der Waals surface area contributed by atoms with Gasteiger partial charge in [0.05, 0.1) is 22.4 Å². The number of aromatic nitrogens is 2. The summed E-state index contributed by atoms with van der Waals surface area (Å²) in [5, 5.41) is 4.99. The van der Waals surface area contributed by atoms with Crippen LogP contribution in [0.5, 0.6) is 0 Å². The highest BCUT2D eigenvalue weighted by molar-refractivity contribution is 6.28.